The highest BCUT2D eigenvalue weighted by atomic mass is 32.1. The van der Waals surface area contributed by atoms with Crippen LogP contribution in [0.15, 0.2) is 97.1 Å². The Morgan fingerprint density at radius 3 is 1.06 bits per heavy atom. The fraction of sp³-hybridized carbons (Fsp3) is 0. The molecule has 0 amide bonds. The topological polar surface area (TPSA) is 0 Å². The molecule has 0 unspecified atom stereocenters. The van der Waals surface area contributed by atoms with E-state index >= 15 is 0 Å². The smallest absolute Gasteiger partial charge is 0.0542 e. The van der Waals surface area contributed by atoms with E-state index in [2.05, 4.69) is 97.1 Å². The fourth-order valence-electron chi connectivity index (χ4n) is 5.13. The van der Waals surface area contributed by atoms with Gasteiger partial charge in [0.25, 0.3) is 0 Å². The Morgan fingerprint density at radius 2 is 0.688 bits per heavy atom. The summed E-state index contributed by atoms with van der Waals surface area (Å²) in [5, 5.41) is 13.3. The largest absolute Gasteiger partial charge is 0.134 e. The van der Waals surface area contributed by atoms with Crippen LogP contribution in [0, 0.1) is 0 Å². The second kappa shape index (κ2) is 6.07. The summed E-state index contributed by atoms with van der Waals surface area (Å²) in [5.74, 6) is 0. The van der Waals surface area contributed by atoms with E-state index in [0.29, 0.717) is 0 Å². The lowest BCUT2D eigenvalue weighted by Gasteiger charge is -2.03. The van der Waals surface area contributed by atoms with E-state index in [-0.39, 0.29) is 0 Å². The number of hydrogen-bond donors (Lipinski definition) is 0. The van der Waals surface area contributed by atoms with Gasteiger partial charge in [-0.1, -0.05) is 48.5 Å². The Morgan fingerprint density at radius 1 is 0.344 bits per heavy atom. The maximum atomic E-state index is 2.40. The van der Waals surface area contributed by atoms with Crippen LogP contribution >= 0.6 is 22.7 Å². The van der Waals surface area contributed by atoms with E-state index in [4.69, 9.17) is 0 Å². The average Bonchev–Trinajstić information content (AvgIpc) is 3.33. The van der Waals surface area contributed by atoms with Crippen LogP contribution in [0.4, 0.5) is 0 Å². The number of benzene rings is 6. The Kier molecular flexibility index (Phi) is 3.25. The molecule has 0 spiro atoms. The summed E-state index contributed by atoms with van der Waals surface area (Å²) in [6.07, 6.45) is 0. The van der Waals surface area contributed by atoms with E-state index in [1.54, 1.807) is 0 Å². The van der Waals surface area contributed by atoms with Crippen LogP contribution in [0.3, 0.4) is 0 Å². The van der Waals surface area contributed by atoms with Crippen molar-refractivity contribution in [2.75, 3.05) is 0 Å². The normalized spacial score (nSPS) is 12.4. The minimum atomic E-state index is 1.31. The van der Waals surface area contributed by atoms with Gasteiger partial charge in [0, 0.05) is 20.2 Å². The summed E-state index contributed by atoms with van der Waals surface area (Å²) >= 11 is 3.88. The molecule has 0 radical (unpaired) electrons. The molecule has 0 nitrogen and oxygen atoms in total. The fourth-order valence-corrected chi connectivity index (χ4v) is 7.83. The SMILES string of the molecule is c1ccc2cc3cc4c(cc3cc2c1)sc1c2cc3cc5ccccc5cc3cc2sc41. The van der Waals surface area contributed by atoms with E-state index < -0.39 is 0 Å². The Bertz CT molecular complexity index is 1890. The molecule has 0 atom stereocenters. The van der Waals surface area contributed by atoms with Gasteiger partial charge in [0.15, 0.2) is 0 Å². The lowest BCUT2D eigenvalue weighted by molar-refractivity contribution is 1.80. The average molecular weight is 441 g/mol. The molecule has 148 valence electrons. The monoisotopic (exact) mass is 440 g/mol. The third-order valence-corrected chi connectivity index (χ3v) is 9.23. The van der Waals surface area contributed by atoms with Gasteiger partial charge in [-0.2, -0.15) is 0 Å². The molecule has 0 fully saturated rings. The first-order valence-electron chi connectivity index (χ1n) is 10.8. The molecule has 32 heavy (non-hydrogen) atoms. The molecule has 2 heteroatoms. The molecule has 0 saturated carbocycles. The molecule has 0 aliphatic rings. The van der Waals surface area contributed by atoms with Crippen LogP contribution < -0.4 is 0 Å². The van der Waals surface area contributed by atoms with Gasteiger partial charge in [-0.05, 0) is 91.6 Å². The molecule has 8 aromatic rings. The maximum absolute atomic E-state index is 2.40. The van der Waals surface area contributed by atoms with Crippen molar-refractivity contribution in [2.45, 2.75) is 0 Å². The van der Waals surface area contributed by atoms with Gasteiger partial charge < -0.3 is 0 Å². The second-order valence-corrected chi connectivity index (χ2v) is 10.8. The highest BCUT2D eigenvalue weighted by Gasteiger charge is 2.14. The van der Waals surface area contributed by atoms with E-state index in [1.807, 2.05) is 22.7 Å². The van der Waals surface area contributed by atoms with Gasteiger partial charge in [0.2, 0.25) is 0 Å². The predicted molar refractivity (Wildman–Crippen MR) is 145 cm³/mol. The molecule has 2 heterocycles. The molecule has 0 saturated heterocycles. The molecule has 0 bridgehead atoms. The predicted octanol–water partition coefficient (Wildman–Crippen LogP) is 9.88. The maximum Gasteiger partial charge on any atom is 0.0542 e. The van der Waals surface area contributed by atoms with Gasteiger partial charge in [0.1, 0.15) is 0 Å². The van der Waals surface area contributed by atoms with Crippen molar-refractivity contribution in [1.82, 2.24) is 0 Å². The molecular weight excluding hydrogens is 424 g/mol. The first-order valence-corrected chi connectivity index (χ1v) is 12.5. The van der Waals surface area contributed by atoms with Crippen LogP contribution in [0.2, 0.25) is 0 Å². The quantitative estimate of drug-likeness (QED) is 0.206. The minimum Gasteiger partial charge on any atom is -0.134 e. The van der Waals surface area contributed by atoms with Crippen LogP contribution in [0.25, 0.3) is 72.7 Å². The van der Waals surface area contributed by atoms with E-state index in [0.717, 1.165) is 0 Å². The lowest BCUT2D eigenvalue weighted by Crippen LogP contribution is -1.76. The summed E-state index contributed by atoms with van der Waals surface area (Å²) in [5.41, 5.74) is 0. The number of rotatable bonds is 0. The van der Waals surface area contributed by atoms with Crippen molar-refractivity contribution in [1.29, 1.82) is 0 Å². The van der Waals surface area contributed by atoms with Gasteiger partial charge in [-0.25, -0.2) is 0 Å². The Balaban J connectivity index is 1.46. The van der Waals surface area contributed by atoms with Crippen molar-refractivity contribution in [3.63, 3.8) is 0 Å². The van der Waals surface area contributed by atoms with Crippen molar-refractivity contribution in [3.8, 4) is 0 Å². The summed E-state index contributed by atoms with van der Waals surface area (Å²) < 4.78 is 5.62. The van der Waals surface area contributed by atoms with Crippen molar-refractivity contribution < 1.29 is 0 Å². The third-order valence-electron chi connectivity index (χ3n) is 6.73. The summed E-state index contributed by atoms with van der Waals surface area (Å²) in [4.78, 5) is 0. The molecule has 8 rings (SSSR count). The lowest BCUT2D eigenvalue weighted by atomic mass is 10.0. The number of hydrogen-bond acceptors (Lipinski definition) is 2. The van der Waals surface area contributed by atoms with Gasteiger partial charge in [0.05, 0.1) is 9.40 Å². The summed E-state index contributed by atoms with van der Waals surface area (Å²) in [7, 11) is 0. The Hall–Kier alpha value is -3.46. The van der Waals surface area contributed by atoms with Gasteiger partial charge >= 0.3 is 0 Å². The summed E-state index contributed by atoms with van der Waals surface area (Å²) in [6, 6.07) is 36.2. The van der Waals surface area contributed by atoms with Crippen LogP contribution in [-0.2, 0) is 0 Å². The van der Waals surface area contributed by atoms with E-state index in [9.17, 15) is 0 Å². The summed E-state index contributed by atoms with van der Waals surface area (Å²) in [6.45, 7) is 0. The molecule has 6 aromatic carbocycles. The first-order chi connectivity index (χ1) is 15.8. The van der Waals surface area contributed by atoms with Crippen molar-refractivity contribution in [3.05, 3.63) is 97.1 Å². The number of fused-ring (bicyclic) bond motifs is 9. The zero-order chi connectivity index (χ0) is 20.8. The molecule has 0 N–H and O–H groups in total. The first kappa shape index (κ1) is 17.1. The highest BCUT2D eigenvalue weighted by molar-refractivity contribution is 7.36. The van der Waals surface area contributed by atoms with Crippen LogP contribution in [-0.4, -0.2) is 0 Å². The highest BCUT2D eigenvalue weighted by Crippen LogP contribution is 2.46. The molecule has 2 aromatic heterocycles. The zero-order valence-corrected chi connectivity index (χ0v) is 18.7. The van der Waals surface area contributed by atoms with Gasteiger partial charge in [-0.15, -0.1) is 22.7 Å². The molecular formula is C30H16S2. The minimum absolute atomic E-state index is 1.31. The standard InChI is InChI=1S/C30H16S2/c1-3-7-19-11-23-15-27-25(13-21(23)9-17(19)5-1)29-30(31-27)26-14-22-10-18-6-2-4-8-20(18)12-24(22)16-28(26)32-29/h1-16H. The molecule has 0 aliphatic carbocycles. The van der Waals surface area contributed by atoms with Crippen molar-refractivity contribution in [2.24, 2.45) is 0 Å². The van der Waals surface area contributed by atoms with Crippen LogP contribution in [0.5, 0.6) is 0 Å². The van der Waals surface area contributed by atoms with Gasteiger partial charge in [-0.3, -0.25) is 0 Å². The third kappa shape index (κ3) is 2.31. The Labute approximate surface area is 191 Å². The van der Waals surface area contributed by atoms with Crippen molar-refractivity contribution >= 4 is 95.3 Å². The number of thiophene rings is 2. The zero-order valence-electron chi connectivity index (χ0n) is 17.1. The van der Waals surface area contributed by atoms with Crippen LogP contribution in [0.1, 0.15) is 0 Å². The van der Waals surface area contributed by atoms with E-state index in [1.165, 1.54) is 72.7 Å². The second-order valence-electron chi connectivity index (χ2n) is 8.65. The molecule has 0 aliphatic heterocycles.